The molecule has 0 bridgehead atoms. The van der Waals surface area contributed by atoms with Crippen LogP contribution < -0.4 is 15.8 Å². The molecule has 1 amide bonds. The lowest BCUT2D eigenvalue weighted by molar-refractivity contribution is 0.169. The Balaban J connectivity index is 2.07. The fourth-order valence-electron chi connectivity index (χ4n) is 3.01. The van der Waals surface area contributed by atoms with Gasteiger partial charge in [0.1, 0.15) is 17.3 Å². The minimum absolute atomic E-state index is 0.0500. The van der Waals surface area contributed by atoms with Gasteiger partial charge in [0, 0.05) is 23.4 Å². The van der Waals surface area contributed by atoms with Crippen molar-refractivity contribution in [2.24, 2.45) is 5.92 Å². The molecule has 0 saturated carbocycles. The molecule has 0 aliphatic carbocycles. The Morgan fingerprint density at radius 3 is 2.78 bits per heavy atom. The van der Waals surface area contributed by atoms with E-state index in [0.29, 0.717) is 30.0 Å². The molecule has 0 aromatic carbocycles. The largest absolute Gasteiger partial charge is 0.491 e. The van der Waals surface area contributed by atoms with Gasteiger partial charge in [0.15, 0.2) is 5.82 Å². The summed E-state index contributed by atoms with van der Waals surface area (Å²) in [6.45, 7) is 7.61. The number of hydrogen-bond acceptors (Lipinski definition) is 5. The van der Waals surface area contributed by atoms with Crippen LogP contribution in [0.4, 0.5) is 15.0 Å². The van der Waals surface area contributed by atoms with Crippen molar-refractivity contribution in [2.75, 3.05) is 12.3 Å². The third kappa shape index (κ3) is 5.80. The summed E-state index contributed by atoms with van der Waals surface area (Å²) in [7, 11) is 0. The van der Waals surface area contributed by atoms with Gasteiger partial charge < -0.3 is 20.9 Å². The zero-order valence-corrected chi connectivity index (χ0v) is 15.9. The molecule has 27 heavy (non-hydrogen) atoms. The zero-order chi connectivity index (χ0) is 20.2. The van der Waals surface area contributed by atoms with E-state index in [9.17, 15) is 9.18 Å². The van der Waals surface area contributed by atoms with Crippen LogP contribution >= 0.6 is 0 Å². The molecule has 7 nitrogen and oxygen atoms in total. The third-order valence-electron chi connectivity index (χ3n) is 4.00. The topological polar surface area (TPSA) is 110 Å². The summed E-state index contributed by atoms with van der Waals surface area (Å²) in [5, 5.41) is 11.3. The maximum Gasteiger partial charge on any atom is 0.405 e. The molecule has 2 heterocycles. The van der Waals surface area contributed by atoms with Crippen molar-refractivity contribution in [3.63, 3.8) is 0 Å². The van der Waals surface area contributed by atoms with Crippen LogP contribution in [0.3, 0.4) is 0 Å². The van der Waals surface area contributed by atoms with Gasteiger partial charge in [-0.15, -0.1) is 0 Å². The SMILES string of the molecule is Cc1nc(-c2ccnc(N)c2)c(F)cc1OC[C@@H](C)CC(C)(C)NC(=O)O. The summed E-state index contributed by atoms with van der Waals surface area (Å²) in [6, 6.07) is 4.51. The van der Waals surface area contributed by atoms with Crippen molar-refractivity contribution >= 4 is 11.9 Å². The first-order chi connectivity index (χ1) is 12.6. The van der Waals surface area contributed by atoms with E-state index < -0.39 is 17.4 Å². The Labute approximate surface area is 157 Å². The number of ether oxygens (including phenoxy) is 1. The Hall–Kier alpha value is -2.90. The average molecular weight is 376 g/mol. The smallest absolute Gasteiger partial charge is 0.405 e. The van der Waals surface area contributed by atoms with Gasteiger partial charge in [-0.3, -0.25) is 0 Å². The predicted molar refractivity (Wildman–Crippen MR) is 101 cm³/mol. The van der Waals surface area contributed by atoms with E-state index >= 15 is 0 Å². The molecule has 2 aromatic heterocycles. The molecule has 0 spiro atoms. The molecule has 4 N–H and O–H groups in total. The first-order valence-corrected chi connectivity index (χ1v) is 8.60. The lowest BCUT2D eigenvalue weighted by Crippen LogP contribution is -2.44. The van der Waals surface area contributed by atoms with E-state index in [1.165, 1.54) is 12.3 Å². The van der Waals surface area contributed by atoms with Crippen LogP contribution in [0.5, 0.6) is 5.75 Å². The van der Waals surface area contributed by atoms with Crippen LogP contribution in [-0.2, 0) is 0 Å². The number of nitrogen functional groups attached to an aromatic ring is 1. The van der Waals surface area contributed by atoms with Crippen LogP contribution in [-0.4, -0.2) is 33.3 Å². The first kappa shape index (κ1) is 20.4. The van der Waals surface area contributed by atoms with Gasteiger partial charge in [-0.25, -0.2) is 19.2 Å². The Bertz CT molecular complexity index is 827. The predicted octanol–water partition coefficient (Wildman–Crippen LogP) is 3.62. The number of carbonyl (C=O) groups is 1. The van der Waals surface area contributed by atoms with Gasteiger partial charge in [0.05, 0.1) is 12.3 Å². The van der Waals surface area contributed by atoms with Crippen LogP contribution in [0.25, 0.3) is 11.3 Å². The van der Waals surface area contributed by atoms with Crippen molar-refractivity contribution < 1.29 is 19.0 Å². The fourth-order valence-corrected chi connectivity index (χ4v) is 3.01. The molecule has 146 valence electrons. The van der Waals surface area contributed by atoms with Crippen molar-refractivity contribution in [1.29, 1.82) is 0 Å². The number of hydrogen-bond donors (Lipinski definition) is 3. The Morgan fingerprint density at radius 1 is 1.44 bits per heavy atom. The summed E-state index contributed by atoms with van der Waals surface area (Å²) in [5.41, 5.74) is 6.35. The maximum atomic E-state index is 14.5. The van der Waals surface area contributed by atoms with Crippen molar-refractivity contribution in [1.82, 2.24) is 15.3 Å². The quantitative estimate of drug-likeness (QED) is 0.681. The number of anilines is 1. The van der Waals surface area contributed by atoms with E-state index in [0.717, 1.165) is 0 Å². The van der Waals surface area contributed by atoms with E-state index in [4.69, 9.17) is 15.6 Å². The molecule has 0 unspecified atom stereocenters. The molecular formula is C19H25FN4O3. The minimum Gasteiger partial charge on any atom is -0.491 e. The lowest BCUT2D eigenvalue weighted by atomic mass is 9.92. The van der Waals surface area contributed by atoms with Crippen molar-refractivity contribution in [2.45, 2.75) is 39.7 Å². The maximum absolute atomic E-state index is 14.5. The number of nitrogens with one attached hydrogen (secondary N) is 1. The lowest BCUT2D eigenvalue weighted by Gasteiger charge is -2.28. The van der Waals surface area contributed by atoms with E-state index in [-0.39, 0.29) is 17.4 Å². The number of rotatable bonds is 7. The normalized spacial score (nSPS) is 12.5. The van der Waals surface area contributed by atoms with E-state index in [1.54, 1.807) is 32.9 Å². The van der Waals surface area contributed by atoms with Crippen LogP contribution in [0, 0.1) is 18.7 Å². The number of pyridine rings is 2. The number of aromatic nitrogens is 2. The van der Waals surface area contributed by atoms with Gasteiger partial charge in [-0.05, 0) is 45.2 Å². The molecule has 0 saturated heterocycles. The highest BCUT2D eigenvalue weighted by atomic mass is 19.1. The molecule has 2 aromatic rings. The van der Waals surface area contributed by atoms with Gasteiger partial charge in [-0.1, -0.05) is 6.92 Å². The second-order valence-electron chi connectivity index (χ2n) is 7.31. The van der Waals surface area contributed by atoms with Crippen LogP contribution in [0.1, 0.15) is 32.9 Å². The zero-order valence-electron chi connectivity index (χ0n) is 15.9. The van der Waals surface area contributed by atoms with Crippen molar-refractivity contribution in [3.8, 4) is 17.0 Å². The summed E-state index contributed by atoms with van der Waals surface area (Å²) < 4.78 is 20.2. The number of carboxylic acid groups (broad SMARTS) is 1. The number of amides is 1. The molecule has 1 atom stereocenters. The number of aryl methyl sites for hydroxylation is 1. The summed E-state index contributed by atoms with van der Waals surface area (Å²) in [5.74, 6) is 0.183. The fraction of sp³-hybridized carbons (Fsp3) is 0.421. The van der Waals surface area contributed by atoms with E-state index in [2.05, 4.69) is 15.3 Å². The molecule has 0 aliphatic rings. The minimum atomic E-state index is -1.07. The molecule has 0 radical (unpaired) electrons. The van der Waals surface area contributed by atoms with Crippen molar-refractivity contribution in [3.05, 3.63) is 35.9 Å². The van der Waals surface area contributed by atoms with Gasteiger partial charge in [0.25, 0.3) is 0 Å². The second-order valence-corrected chi connectivity index (χ2v) is 7.31. The first-order valence-electron chi connectivity index (χ1n) is 8.60. The summed E-state index contributed by atoms with van der Waals surface area (Å²) in [6.07, 6.45) is 1.01. The third-order valence-corrected chi connectivity index (χ3v) is 4.00. The molecule has 8 heteroatoms. The number of nitrogens with two attached hydrogens (primary N) is 1. The highest BCUT2D eigenvalue weighted by Gasteiger charge is 2.23. The monoisotopic (exact) mass is 376 g/mol. The highest BCUT2D eigenvalue weighted by molar-refractivity contribution is 5.65. The average Bonchev–Trinajstić information content (AvgIpc) is 2.53. The number of nitrogens with zero attached hydrogens (tertiary/aromatic N) is 2. The molecule has 2 rings (SSSR count). The van der Waals surface area contributed by atoms with Gasteiger partial charge in [0.2, 0.25) is 0 Å². The van der Waals surface area contributed by atoms with Crippen LogP contribution in [0.2, 0.25) is 0 Å². The van der Waals surface area contributed by atoms with Gasteiger partial charge in [-0.2, -0.15) is 0 Å². The van der Waals surface area contributed by atoms with E-state index in [1.807, 2.05) is 6.92 Å². The summed E-state index contributed by atoms with van der Waals surface area (Å²) in [4.78, 5) is 19.0. The second kappa shape index (κ2) is 8.20. The summed E-state index contributed by atoms with van der Waals surface area (Å²) >= 11 is 0. The Morgan fingerprint density at radius 2 is 2.15 bits per heavy atom. The molecule has 0 fully saturated rings. The highest BCUT2D eigenvalue weighted by Crippen LogP contribution is 2.27. The van der Waals surface area contributed by atoms with Gasteiger partial charge >= 0.3 is 6.09 Å². The molecular weight excluding hydrogens is 351 g/mol. The Kier molecular flexibility index (Phi) is 6.20. The molecule has 0 aliphatic heterocycles. The van der Waals surface area contributed by atoms with Crippen LogP contribution in [0.15, 0.2) is 24.4 Å². The number of halogens is 1. The standard InChI is InChI=1S/C19H25FN4O3/c1-11(9-19(3,4)24-18(25)26)10-27-15-8-14(20)17(23-12(15)2)13-5-6-22-16(21)7-13/h5-8,11,24H,9-10H2,1-4H3,(H2,21,22)(H,25,26)/t11-/m0/s1.